The van der Waals surface area contributed by atoms with Crippen molar-refractivity contribution in [3.8, 4) is 5.75 Å². The fourth-order valence-corrected chi connectivity index (χ4v) is 3.64. The molecule has 0 aliphatic rings. The van der Waals surface area contributed by atoms with Gasteiger partial charge in [0, 0.05) is 24.5 Å². The molecule has 0 bridgehead atoms. The Morgan fingerprint density at radius 3 is 2.28 bits per heavy atom. The van der Waals surface area contributed by atoms with E-state index >= 15 is 0 Å². The topological polar surface area (TPSA) is 35.9 Å². The van der Waals surface area contributed by atoms with Crippen molar-refractivity contribution in [3.63, 3.8) is 0 Å². The zero-order valence-corrected chi connectivity index (χ0v) is 16.1. The highest BCUT2D eigenvalue weighted by Crippen LogP contribution is 2.26. The third-order valence-corrected chi connectivity index (χ3v) is 4.77. The van der Waals surface area contributed by atoms with Gasteiger partial charge in [-0.1, -0.05) is 32.0 Å². The predicted molar refractivity (Wildman–Crippen MR) is 105 cm³/mol. The molecule has 0 aliphatic carbocycles. The summed E-state index contributed by atoms with van der Waals surface area (Å²) in [5, 5.41) is 11.5. The van der Waals surface area contributed by atoms with Crippen LogP contribution in [0.2, 0.25) is 0 Å². The second-order valence-corrected chi connectivity index (χ2v) is 7.53. The molecule has 0 fully saturated rings. The molecule has 2 aromatic rings. The first-order valence-electron chi connectivity index (χ1n) is 8.67. The van der Waals surface area contributed by atoms with Gasteiger partial charge in [-0.25, -0.2) is 4.31 Å². The summed E-state index contributed by atoms with van der Waals surface area (Å²) in [6, 6.07) is 17.8. The fourth-order valence-electron chi connectivity index (χ4n) is 2.49. The first kappa shape index (κ1) is 19.6. The van der Waals surface area contributed by atoms with Crippen LogP contribution in [-0.2, 0) is 0 Å². The van der Waals surface area contributed by atoms with Crippen molar-refractivity contribution < 1.29 is 9.94 Å². The van der Waals surface area contributed by atoms with Crippen molar-refractivity contribution in [1.29, 1.82) is 0 Å². The molecule has 0 radical (unpaired) electrons. The van der Waals surface area contributed by atoms with Gasteiger partial charge in [-0.2, -0.15) is 0 Å². The first-order chi connectivity index (χ1) is 12.1. The zero-order chi connectivity index (χ0) is 18.1. The van der Waals surface area contributed by atoms with Crippen LogP contribution in [0.3, 0.4) is 0 Å². The lowest BCUT2D eigenvalue weighted by Crippen LogP contribution is -2.26. The minimum Gasteiger partial charge on any atom is -0.497 e. The van der Waals surface area contributed by atoms with E-state index in [9.17, 15) is 5.21 Å². The van der Waals surface area contributed by atoms with Crippen molar-refractivity contribution in [1.82, 2.24) is 4.31 Å². The number of benzene rings is 2. The van der Waals surface area contributed by atoms with Crippen LogP contribution in [0.25, 0.3) is 0 Å². The van der Waals surface area contributed by atoms with Crippen molar-refractivity contribution in [2.75, 3.05) is 31.8 Å². The van der Waals surface area contributed by atoms with Crippen LogP contribution in [0.4, 0.5) is 5.69 Å². The van der Waals surface area contributed by atoms with Gasteiger partial charge in [0.05, 0.1) is 12.8 Å². The average molecular weight is 361 g/mol. The van der Waals surface area contributed by atoms with E-state index in [-0.39, 0.29) is 0 Å². The lowest BCUT2D eigenvalue weighted by Gasteiger charge is -2.24. The monoisotopic (exact) mass is 360 g/mol. The molecule has 0 unspecified atom stereocenters. The molecule has 0 saturated carbocycles. The highest BCUT2D eigenvalue weighted by atomic mass is 32.2. The first-order valence-corrected chi connectivity index (χ1v) is 9.44. The molecule has 0 spiro atoms. The number of rotatable bonds is 10. The van der Waals surface area contributed by atoms with Crippen LogP contribution in [-0.4, -0.2) is 36.3 Å². The van der Waals surface area contributed by atoms with Crippen LogP contribution in [0, 0.1) is 5.92 Å². The van der Waals surface area contributed by atoms with E-state index in [4.69, 9.17) is 4.74 Å². The lowest BCUT2D eigenvalue weighted by molar-refractivity contribution is 0.247. The summed E-state index contributed by atoms with van der Waals surface area (Å²) in [5.41, 5.74) is 0.834. The Morgan fingerprint density at radius 2 is 1.68 bits per heavy atom. The zero-order valence-electron chi connectivity index (χ0n) is 15.3. The molecule has 0 atom stereocenters. The highest BCUT2D eigenvalue weighted by molar-refractivity contribution is 7.97. The lowest BCUT2D eigenvalue weighted by atomic mass is 10.2. The smallest absolute Gasteiger partial charge is 0.118 e. The second-order valence-electron chi connectivity index (χ2n) is 6.36. The summed E-state index contributed by atoms with van der Waals surface area (Å²) in [6.45, 7) is 6.99. The number of ether oxygens (including phenoxy) is 1. The Balaban J connectivity index is 1.86. The Hall–Kier alpha value is -1.69. The maximum absolute atomic E-state index is 10.2. The van der Waals surface area contributed by atoms with E-state index in [2.05, 4.69) is 30.3 Å². The van der Waals surface area contributed by atoms with Crippen LogP contribution in [0.1, 0.15) is 20.3 Å². The number of hydroxylamine groups is 1. The van der Waals surface area contributed by atoms with E-state index in [0.29, 0.717) is 12.5 Å². The average Bonchev–Trinajstić information content (AvgIpc) is 2.62. The maximum Gasteiger partial charge on any atom is 0.118 e. The highest BCUT2D eigenvalue weighted by Gasteiger charge is 2.11. The largest absolute Gasteiger partial charge is 0.497 e. The number of para-hydroxylation sites is 1. The summed E-state index contributed by atoms with van der Waals surface area (Å²) in [6.07, 6.45) is 0.890. The number of nitrogens with zero attached hydrogens (tertiary/aromatic N) is 2. The molecule has 0 heterocycles. The van der Waals surface area contributed by atoms with Gasteiger partial charge < -0.3 is 4.74 Å². The number of hydrogen-bond donors (Lipinski definition) is 1. The number of methoxy groups -OCH3 is 1. The fraction of sp³-hybridized carbons (Fsp3) is 0.400. The predicted octanol–water partition coefficient (Wildman–Crippen LogP) is 4.95. The van der Waals surface area contributed by atoms with Crippen molar-refractivity contribution >= 4 is 17.6 Å². The molecule has 4 nitrogen and oxygen atoms in total. The third-order valence-electron chi connectivity index (χ3n) is 3.69. The minimum absolute atomic E-state index is 0.588. The van der Waals surface area contributed by atoms with E-state index in [1.54, 1.807) is 19.1 Å². The molecule has 0 aliphatic heterocycles. The van der Waals surface area contributed by atoms with Gasteiger partial charge in [0.2, 0.25) is 0 Å². The van der Waals surface area contributed by atoms with E-state index < -0.39 is 0 Å². The van der Waals surface area contributed by atoms with Gasteiger partial charge in [-0.05, 0) is 60.7 Å². The maximum atomic E-state index is 10.2. The third kappa shape index (κ3) is 6.98. The summed E-state index contributed by atoms with van der Waals surface area (Å²) in [5.74, 6) is 1.46. The molecule has 0 amide bonds. The van der Waals surface area contributed by atoms with Crippen molar-refractivity contribution in [2.45, 2.75) is 25.2 Å². The van der Waals surface area contributed by atoms with Gasteiger partial charge in [0.25, 0.3) is 0 Å². The number of hydrogen-bond acceptors (Lipinski definition) is 5. The standard InChI is InChI=1S/C20H28N2O2S/c1-17(2)16-21(25-20-12-10-19(24-3)11-13-20)14-7-15-22(23)18-8-5-4-6-9-18/h4-6,8-13,17,23H,7,14-16H2,1-3H3. The Labute approximate surface area is 155 Å². The van der Waals surface area contributed by atoms with E-state index in [1.807, 2.05) is 42.5 Å². The van der Waals surface area contributed by atoms with Gasteiger partial charge in [-0.3, -0.25) is 10.3 Å². The SMILES string of the molecule is COc1ccc(SN(CCCN(O)c2ccccc2)CC(C)C)cc1. The van der Waals surface area contributed by atoms with Crippen LogP contribution >= 0.6 is 11.9 Å². The van der Waals surface area contributed by atoms with Gasteiger partial charge in [0.15, 0.2) is 0 Å². The molecule has 2 rings (SSSR count). The number of anilines is 1. The van der Waals surface area contributed by atoms with Gasteiger partial charge >= 0.3 is 0 Å². The summed E-state index contributed by atoms with van der Waals surface area (Å²) in [7, 11) is 1.68. The van der Waals surface area contributed by atoms with E-state index in [0.717, 1.165) is 30.9 Å². The molecule has 25 heavy (non-hydrogen) atoms. The normalized spacial score (nSPS) is 11.1. The van der Waals surface area contributed by atoms with Crippen LogP contribution < -0.4 is 9.80 Å². The summed E-state index contributed by atoms with van der Waals surface area (Å²) < 4.78 is 7.58. The molecule has 0 aromatic heterocycles. The molecule has 136 valence electrons. The molecular weight excluding hydrogens is 332 g/mol. The summed E-state index contributed by atoms with van der Waals surface area (Å²) >= 11 is 1.76. The molecule has 2 aromatic carbocycles. The van der Waals surface area contributed by atoms with Crippen molar-refractivity contribution in [2.24, 2.45) is 5.92 Å². The molecule has 5 heteroatoms. The van der Waals surface area contributed by atoms with Gasteiger partial charge in [-0.15, -0.1) is 0 Å². The van der Waals surface area contributed by atoms with Crippen molar-refractivity contribution in [3.05, 3.63) is 54.6 Å². The molecular formula is C20H28N2O2S. The Morgan fingerprint density at radius 1 is 1.00 bits per heavy atom. The molecule has 1 N–H and O–H groups in total. The Bertz CT molecular complexity index is 605. The molecule has 0 saturated heterocycles. The van der Waals surface area contributed by atoms with E-state index in [1.165, 1.54) is 9.96 Å². The Kier molecular flexibility index (Phi) is 8.12. The van der Waals surface area contributed by atoms with Gasteiger partial charge in [0.1, 0.15) is 5.75 Å². The van der Waals surface area contributed by atoms with Crippen LogP contribution in [0.15, 0.2) is 59.5 Å². The van der Waals surface area contributed by atoms with Crippen LogP contribution in [0.5, 0.6) is 5.75 Å². The quantitative estimate of drug-likeness (QED) is 0.479. The summed E-state index contributed by atoms with van der Waals surface area (Å²) in [4.78, 5) is 1.20. The minimum atomic E-state index is 0.588. The second kappa shape index (κ2) is 10.3.